The minimum absolute atomic E-state index is 0.0369. The van der Waals surface area contributed by atoms with Crippen molar-refractivity contribution in [3.05, 3.63) is 218 Å². The summed E-state index contributed by atoms with van der Waals surface area (Å²) in [5, 5.41) is 7.33. The molecule has 2 heterocycles. The summed E-state index contributed by atoms with van der Waals surface area (Å²) in [5.74, 6) is 0. The average Bonchev–Trinajstić information content (AvgIpc) is 3.91. The normalized spacial score (nSPS) is 13.6. The minimum atomic E-state index is -0.434. The van der Waals surface area contributed by atoms with Crippen molar-refractivity contribution in [3.8, 4) is 27.9 Å². The Balaban J connectivity index is 1.16. The quantitative estimate of drug-likeness (QED) is 0.168. The molecule has 0 aliphatic heterocycles. The summed E-state index contributed by atoms with van der Waals surface area (Å²) in [5.41, 5.74) is 4.30. The van der Waals surface area contributed by atoms with Crippen molar-refractivity contribution in [2.75, 3.05) is 4.90 Å². The highest BCUT2D eigenvalue weighted by Gasteiger charge is 2.21. The molecule has 276 valence electrons. The standard InChI is InChI=1S/C56H36N2O/c1-2-14-40-36-41(25-24-37(40)12-1)38-26-29-42(30-27-38)57(43-31-33-44(34-32-43)58-53-22-9-5-16-46(53)47-17-6-10-23-54(47)58)52-21-8-7-18-48(52)49-19-11-20-50-51-35-28-39-13-3-4-15-45(39)55(51)59-56(49)50/h1-36H/i26D,27D,29D,30D,31D,32D,33D,34D. The predicted octanol–water partition coefficient (Wildman–Crippen LogP) is 15.8. The van der Waals surface area contributed by atoms with E-state index in [0.717, 1.165) is 43.1 Å². The summed E-state index contributed by atoms with van der Waals surface area (Å²) in [4.78, 5) is 1.38. The zero-order valence-corrected chi connectivity index (χ0v) is 31.5. The van der Waals surface area contributed by atoms with Crippen LogP contribution in [0.15, 0.2) is 223 Å². The molecule has 0 atom stereocenters. The first-order valence-corrected chi connectivity index (χ1v) is 19.5. The molecule has 3 nitrogen and oxygen atoms in total. The van der Waals surface area contributed by atoms with Gasteiger partial charge < -0.3 is 13.9 Å². The Kier molecular flexibility index (Phi) is 5.92. The second kappa shape index (κ2) is 13.4. The van der Waals surface area contributed by atoms with Crippen LogP contribution in [0.25, 0.3) is 93.2 Å². The lowest BCUT2D eigenvalue weighted by Gasteiger charge is -2.28. The fourth-order valence-electron chi connectivity index (χ4n) is 8.58. The summed E-state index contributed by atoms with van der Waals surface area (Å²) in [6, 6.07) is 50.6. The molecule has 10 aromatic carbocycles. The third-order valence-electron chi connectivity index (χ3n) is 11.3. The van der Waals surface area contributed by atoms with E-state index in [1.807, 2.05) is 146 Å². The van der Waals surface area contributed by atoms with Gasteiger partial charge >= 0.3 is 0 Å². The van der Waals surface area contributed by atoms with Crippen molar-refractivity contribution in [1.29, 1.82) is 0 Å². The van der Waals surface area contributed by atoms with E-state index in [2.05, 4.69) is 6.07 Å². The van der Waals surface area contributed by atoms with Crippen molar-refractivity contribution in [2.24, 2.45) is 0 Å². The molecule has 0 aliphatic carbocycles. The molecular weight excluding hydrogens is 717 g/mol. The summed E-state index contributed by atoms with van der Waals surface area (Å²) in [7, 11) is 0. The average molecular weight is 761 g/mol. The minimum Gasteiger partial charge on any atom is -0.455 e. The Bertz CT molecular complexity index is 3950. The van der Waals surface area contributed by atoms with E-state index in [9.17, 15) is 11.0 Å². The molecule has 0 unspecified atom stereocenters. The Hall–Kier alpha value is -7.88. The highest BCUT2D eigenvalue weighted by atomic mass is 16.3. The van der Waals surface area contributed by atoms with Crippen LogP contribution in [-0.2, 0) is 0 Å². The fraction of sp³-hybridized carbons (Fsp3) is 0. The van der Waals surface area contributed by atoms with E-state index >= 15 is 0 Å². The van der Waals surface area contributed by atoms with Crippen molar-refractivity contribution in [3.63, 3.8) is 0 Å². The van der Waals surface area contributed by atoms with Gasteiger partial charge in [0.05, 0.1) is 27.7 Å². The molecule has 0 fully saturated rings. The van der Waals surface area contributed by atoms with Crippen LogP contribution in [-0.4, -0.2) is 4.57 Å². The van der Waals surface area contributed by atoms with E-state index in [-0.39, 0.29) is 46.8 Å². The lowest BCUT2D eigenvalue weighted by Crippen LogP contribution is -2.11. The van der Waals surface area contributed by atoms with Crippen LogP contribution in [0, 0.1) is 0 Å². The molecule has 2 aromatic heterocycles. The third-order valence-corrected chi connectivity index (χ3v) is 11.3. The number of benzene rings is 10. The monoisotopic (exact) mass is 760 g/mol. The van der Waals surface area contributed by atoms with Crippen molar-refractivity contribution in [2.45, 2.75) is 0 Å². The van der Waals surface area contributed by atoms with Gasteiger partial charge in [0.2, 0.25) is 0 Å². The van der Waals surface area contributed by atoms with Gasteiger partial charge in [0.25, 0.3) is 0 Å². The fourth-order valence-corrected chi connectivity index (χ4v) is 8.58. The molecule has 3 heteroatoms. The summed E-state index contributed by atoms with van der Waals surface area (Å²) < 4.78 is 86.6. The van der Waals surface area contributed by atoms with Crippen LogP contribution < -0.4 is 4.90 Å². The van der Waals surface area contributed by atoms with Gasteiger partial charge in [0.1, 0.15) is 11.2 Å². The first-order chi connectivity index (χ1) is 32.6. The predicted molar refractivity (Wildman–Crippen MR) is 249 cm³/mol. The number of rotatable bonds is 6. The first-order valence-electron chi connectivity index (χ1n) is 23.5. The zero-order valence-electron chi connectivity index (χ0n) is 39.5. The molecule has 0 saturated carbocycles. The van der Waals surface area contributed by atoms with E-state index in [1.54, 1.807) is 22.8 Å². The Morgan fingerprint density at radius 3 is 1.71 bits per heavy atom. The molecule has 0 amide bonds. The number of aromatic nitrogens is 1. The molecular formula is C56H36N2O. The number of nitrogens with zero attached hydrogens (tertiary/aromatic N) is 2. The lowest BCUT2D eigenvalue weighted by atomic mass is 9.98. The zero-order chi connectivity index (χ0) is 45.8. The lowest BCUT2D eigenvalue weighted by molar-refractivity contribution is 0.674. The van der Waals surface area contributed by atoms with E-state index in [0.29, 0.717) is 44.6 Å². The molecule has 0 saturated heterocycles. The van der Waals surface area contributed by atoms with Crippen molar-refractivity contribution in [1.82, 2.24) is 4.57 Å². The maximum absolute atomic E-state index is 9.90. The molecule has 0 bridgehead atoms. The Morgan fingerprint density at radius 1 is 0.390 bits per heavy atom. The van der Waals surface area contributed by atoms with Gasteiger partial charge in [0, 0.05) is 55.1 Å². The van der Waals surface area contributed by atoms with Crippen LogP contribution in [0.1, 0.15) is 11.0 Å². The van der Waals surface area contributed by atoms with Gasteiger partial charge in [-0.2, -0.15) is 0 Å². The summed E-state index contributed by atoms with van der Waals surface area (Å²) in [6.07, 6.45) is 0. The molecule has 0 radical (unpaired) electrons. The summed E-state index contributed by atoms with van der Waals surface area (Å²) in [6.45, 7) is 0. The SMILES string of the molecule is [2H]c1c([2H])c(N(c2ccccc2-c2cccc3c2oc2c4ccccc4ccc32)c2c([2H])c([2H])c(-n3c4ccccc4c4ccccc43)c([2H])c2[2H])c([2H])c([2H])c1-c1ccc2ccccc2c1. The second-order valence-corrected chi connectivity index (χ2v) is 14.7. The van der Waals surface area contributed by atoms with Crippen LogP contribution in [0.3, 0.4) is 0 Å². The second-order valence-electron chi connectivity index (χ2n) is 14.7. The number of furan rings is 1. The molecule has 0 spiro atoms. The van der Waals surface area contributed by atoms with Gasteiger partial charge in [-0.1, -0.05) is 152 Å². The van der Waals surface area contributed by atoms with Crippen LogP contribution in [0.4, 0.5) is 17.1 Å². The number of anilines is 3. The van der Waals surface area contributed by atoms with E-state index in [4.69, 9.17) is 4.42 Å². The van der Waals surface area contributed by atoms with Gasteiger partial charge in [-0.3, -0.25) is 0 Å². The van der Waals surface area contributed by atoms with Gasteiger partial charge in [-0.25, -0.2) is 0 Å². The van der Waals surface area contributed by atoms with Crippen LogP contribution in [0.5, 0.6) is 0 Å². The van der Waals surface area contributed by atoms with Gasteiger partial charge in [0.15, 0.2) is 0 Å². The molecule has 0 aliphatic rings. The van der Waals surface area contributed by atoms with Crippen molar-refractivity contribution < 1.29 is 15.4 Å². The number of hydrogen-bond acceptors (Lipinski definition) is 2. The van der Waals surface area contributed by atoms with Gasteiger partial charge in [-0.15, -0.1) is 0 Å². The Labute approximate surface area is 352 Å². The summed E-state index contributed by atoms with van der Waals surface area (Å²) >= 11 is 0. The number of para-hydroxylation sites is 4. The van der Waals surface area contributed by atoms with Crippen LogP contribution >= 0.6 is 0 Å². The number of hydrogen-bond donors (Lipinski definition) is 0. The van der Waals surface area contributed by atoms with Crippen LogP contribution in [0.2, 0.25) is 0 Å². The first kappa shape index (κ1) is 26.1. The Morgan fingerprint density at radius 2 is 0.949 bits per heavy atom. The highest BCUT2D eigenvalue weighted by molar-refractivity contribution is 6.18. The highest BCUT2D eigenvalue weighted by Crippen LogP contribution is 2.45. The largest absolute Gasteiger partial charge is 0.455 e. The van der Waals surface area contributed by atoms with Gasteiger partial charge in [-0.05, 0) is 93.9 Å². The number of fused-ring (bicyclic) bond motifs is 9. The third kappa shape index (κ3) is 5.36. The van der Waals surface area contributed by atoms with E-state index < -0.39 is 24.2 Å². The van der Waals surface area contributed by atoms with E-state index in [1.165, 1.54) is 4.90 Å². The molecule has 0 N–H and O–H groups in total. The smallest absolute Gasteiger partial charge is 0.143 e. The maximum atomic E-state index is 9.90. The molecule has 12 rings (SSSR count). The topological polar surface area (TPSA) is 21.3 Å². The van der Waals surface area contributed by atoms with Crippen molar-refractivity contribution >= 4 is 82.4 Å². The molecule has 12 aromatic rings. The maximum Gasteiger partial charge on any atom is 0.143 e. The molecule has 59 heavy (non-hydrogen) atoms.